The molecule has 0 fully saturated rings. The van der Waals surface area contributed by atoms with Crippen LogP contribution >= 0.6 is 11.8 Å². The van der Waals surface area contributed by atoms with E-state index in [9.17, 15) is 32.7 Å². The summed E-state index contributed by atoms with van der Waals surface area (Å²) < 4.78 is 39.0. The molecular formula is C31H26F3N3O5S. The molecule has 12 heteroatoms. The lowest BCUT2D eigenvalue weighted by atomic mass is 10.0. The monoisotopic (exact) mass is 609 g/mol. The molecule has 0 aliphatic rings. The standard InChI is InChI=1S/C31H26F3N3O5S/c32-31(33,34)23-6-2-3-19(14-23)17-36-29(41)22-9-11-35-27(15-22)25-16-24(38)7-8-26(25)37-30(42)21-5-1-4-20(13-21)18-43-12-10-28(39)40/h1-9,11,13-16,38H,10,12,17-18H2,(H,36,41)(H,37,42)(H,39,40). The first-order valence-electron chi connectivity index (χ1n) is 12.9. The predicted molar refractivity (Wildman–Crippen MR) is 157 cm³/mol. The molecule has 1 heterocycles. The molecule has 0 saturated heterocycles. The zero-order chi connectivity index (χ0) is 31.0. The highest BCUT2D eigenvalue weighted by Gasteiger charge is 2.30. The number of aromatic nitrogens is 1. The van der Waals surface area contributed by atoms with E-state index in [4.69, 9.17) is 5.11 Å². The molecule has 4 N–H and O–H groups in total. The van der Waals surface area contributed by atoms with Gasteiger partial charge in [-0.05, 0) is 65.7 Å². The number of thioether (sulfide) groups is 1. The molecule has 3 aromatic carbocycles. The number of rotatable bonds is 11. The summed E-state index contributed by atoms with van der Waals surface area (Å²) in [5, 5.41) is 24.3. The number of phenols is 1. The average Bonchev–Trinajstić information content (AvgIpc) is 2.99. The van der Waals surface area contributed by atoms with Crippen molar-refractivity contribution in [1.29, 1.82) is 0 Å². The van der Waals surface area contributed by atoms with Crippen molar-refractivity contribution in [2.24, 2.45) is 0 Å². The maximum absolute atomic E-state index is 13.1. The van der Waals surface area contributed by atoms with Gasteiger partial charge in [0.05, 0.1) is 23.4 Å². The molecule has 8 nitrogen and oxygen atoms in total. The number of anilines is 1. The lowest BCUT2D eigenvalue weighted by Gasteiger charge is -2.13. The first-order chi connectivity index (χ1) is 20.5. The minimum absolute atomic E-state index is 0.0429. The van der Waals surface area contributed by atoms with Crippen LogP contribution in [-0.4, -0.2) is 38.7 Å². The van der Waals surface area contributed by atoms with E-state index in [0.29, 0.717) is 28.3 Å². The van der Waals surface area contributed by atoms with E-state index < -0.39 is 29.5 Å². The highest BCUT2D eigenvalue weighted by Crippen LogP contribution is 2.32. The summed E-state index contributed by atoms with van der Waals surface area (Å²) in [6.07, 6.45) is -3.09. The fourth-order valence-electron chi connectivity index (χ4n) is 4.06. The molecule has 0 unspecified atom stereocenters. The maximum atomic E-state index is 13.1. The van der Waals surface area contributed by atoms with E-state index in [1.165, 1.54) is 60.4 Å². The van der Waals surface area contributed by atoms with Crippen molar-refractivity contribution in [2.45, 2.75) is 24.9 Å². The number of pyridine rings is 1. The Hall–Kier alpha value is -4.84. The van der Waals surface area contributed by atoms with Crippen LogP contribution in [0.1, 0.15) is 43.8 Å². The van der Waals surface area contributed by atoms with Gasteiger partial charge in [-0.15, -0.1) is 0 Å². The smallest absolute Gasteiger partial charge is 0.416 e. The van der Waals surface area contributed by atoms with Gasteiger partial charge >= 0.3 is 12.1 Å². The van der Waals surface area contributed by atoms with Gasteiger partial charge in [-0.2, -0.15) is 24.9 Å². The Morgan fingerprint density at radius 2 is 1.60 bits per heavy atom. The van der Waals surface area contributed by atoms with Crippen LogP contribution in [0.4, 0.5) is 18.9 Å². The molecule has 0 aliphatic heterocycles. The molecule has 222 valence electrons. The SMILES string of the molecule is O=C(O)CCSCc1cccc(C(=O)Nc2ccc(O)cc2-c2cc(C(=O)NCc3cccc(C(F)(F)F)c3)ccn2)c1. The van der Waals surface area contributed by atoms with Gasteiger partial charge in [0.15, 0.2) is 0 Å². The fourth-order valence-corrected chi connectivity index (χ4v) is 4.94. The van der Waals surface area contributed by atoms with Crippen molar-refractivity contribution < 1.29 is 37.8 Å². The largest absolute Gasteiger partial charge is 0.508 e. The van der Waals surface area contributed by atoms with Gasteiger partial charge in [-0.25, -0.2) is 0 Å². The van der Waals surface area contributed by atoms with Gasteiger partial charge in [0.2, 0.25) is 0 Å². The molecule has 0 radical (unpaired) electrons. The Balaban J connectivity index is 1.48. The third kappa shape index (κ3) is 8.82. The van der Waals surface area contributed by atoms with Gasteiger partial charge in [0, 0.05) is 40.9 Å². The van der Waals surface area contributed by atoms with Gasteiger partial charge in [0.25, 0.3) is 11.8 Å². The van der Waals surface area contributed by atoms with E-state index in [-0.39, 0.29) is 35.5 Å². The molecule has 0 aliphatic carbocycles. The zero-order valence-electron chi connectivity index (χ0n) is 22.5. The van der Waals surface area contributed by atoms with Gasteiger partial charge < -0.3 is 20.8 Å². The van der Waals surface area contributed by atoms with E-state index in [1.54, 1.807) is 18.2 Å². The third-order valence-electron chi connectivity index (χ3n) is 6.17. The zero-order valence-corrected chi connectivity index (χ0v) is 23.3. The fraction of sp³-hybridized carbons (Fsp3) is 0.161. The van der Waals surface area contributed by atoms with Crippen molar-refractivity contribution in [3.05, 3.63) is 113 Å². The van der Waals surface area contributed by atoms with E-state index in [0.717, 1.165) is 17.7 Å². The highest BCUT2D eigenvalue weighted by atomic mass is 32.2. The number of benzene rings is 3. The van der Waals surface area contributed by atoms with Crippen LogP contribution in [0.5, 0.6) is 5.75 Å². The first-order valence-corrected chi connectivity index (χ1v) is 14.1. The topological polar surface area (TPSA) is 129 Å². The molecule has 4 aromatic rings. The number of hydrogen-bond donors (Lipinski definition) is 4. The quantitative estimate of drug-likeness (QED) is 0.115. The van der Waals surface area contributed by atoms with Crippen molar-refractivity contribution in [3.63, 3.8) is 0 Å². The number of alkyl halides is 3. The summed E-state index contributed by atoms with van der Waals surface area (Å²) in [6, 6.07) is 18.7. The Kier molecular flexibility index (Phi) is 10.0. The molecule has 2 amide bonds. The summed E-state index contributed by atoms with van der Waals surface area (Å²) >= 11 is 1.44. The molecule has 43 heavy (non-hydrogen) atoms. The average molecular weight is 610 g/mol. The second-order valence-electron chi connectivity index (χ2n) is 9.39. The first kappa shape index (κ1) is 31.1. The maximum Gasteiger partial charge on any atom is 0.416 e. The number of carbonyl (C=O) groups is 3. The lowest BCUT2D eigenvalue weighted by molar-refractivity contribution is -0.138. The van der Waals surface area contributed by atoms with E-state index in [1.807, 2.05) is 6.07 Å². The summed E-state index contributed by atoms with van der Waals surface area (Å²) in [4.78, 5) is 41.0. The number of aliphatic carboxylic acids is 1. The summed E-state index contributed by atoms with van der Waals surface area (Å²) in [7, 11) is 0. The van der Waals surface area contributed by atoms with Crippen LogP contribution in [-0.2, 0) is 23.3 Å². The van der Waals surface area contributed by atoms with Crippen LogP contribution in [0.25, 0.3) is 11.3 Å². The molecule has 0 atom stereocenters. The number of nitrogens with one attached hydrogen (secondary N) is 2. The summed E-state index contributed by atoms with van der Waals surface area (Å²) in [5.74, 6) is -0.983. The van der Waals surface area contributed by atoms with E-state index in [2.05, 4.69) is 15.6 Å². The Morgan fingerprint density at radius 1 is 0.860 bits per heavy atom. The van der Waals surface area contributed by atoms with Crippen molar-refractivity contribution >= 4 is 35.2 Å². The predicted octanol–water partition coefficient (Wildman–Crippen LogP) is 6.36. The molecule has 0 spiro atoms. The molecule has 4 rings (SSSR count). The number of phenolic OH excluding ortho intramolecular Hbond substituents is 1. The number of hydrogen-bond acceptors (Lipinski definition) is 6. The number of aromatic hydroxyl groups is 1. The highest BCUT2D eigenvalue weighted by molar-refractivity contribution is 7.98. The molecular weight excluding hydrogens is 583 g/mol. The van der Waals surface area contributed by atoms with Crippen molar-refractivity contribution in [2.75, 3.05) is 11.1 Å². The Morgan fingerprint density at radius 3 is 2.37 bits per heavy atom. The van der Waals surface area contributed by atoms with Gasteiger partial charge in [-0.1, -0.05) is 24.3 Å². The van der Waals surface area contributed by atoms with Crippen LogP contribution in [0.3, 0.4) is 0 Å². The van der Waals surface area contributed by atoms with Crippen LogP contribution < -0.4 is 10.6 Å². The number of carbonyl (C=O) groups excluding carboxylic acids is 2. The van der Waals surface area contributed by atoms with Gasteiger partial charge in [0.1, 0.15) is 5.75 Å². The summed E-state index contributed by atoms with van der Waals surface area (Å²) in [6.45, 7) is -0.134. The minimum atomic E-state index is -4.50. The molecule has 0 bridgehead atoms. The van der Waals surface area contributed by atoms with Gasteiger partial charge in [-0.3, -0.25) is 19.4 Å². The van der Waals surface area contributed by atoms with Crippen LogP contribution in [0.2, 0.25) is 0 Å². The lowest BCUT2D eigenvalue weighted by Crippen LogP contribution is -2.23. The number of carboxylic acids is 1. The summed E-state index contributed by atoms with van der Waals surface area (Å²) in [5.41, 5.74) is 1.76. The molecule has 1 aromatic heterocycles. The Bertz CT molecular complexity index is 1650. The normalized spacial score (nSPS) is 11.1. The second-order valence-corrected chi connectivity index (χ2v) is 10.5. The second kappa shape index (κ2) is 13.9. The third-order valence-corrected chi connectivity index (χ3v) is 7.21. The molecule has 0 saturated carbocycles. The van der Waals surface area contributed by atoms with Crippen LogP contribution in [0, 0.1) is 0 Å². The Labute approximate surface area is 249 Å². The number of nitrogens with zero attached hydrogens (tertiary/aromatic N) is 1. The number of halogens is 3. The van der Waals surface area contributed by atoms with Crippen molar-refractivity contribution in [3.8, 4) is 17.0 Å². The number of amides is 2. The van der Waals surface area contributed by atoms with E-state index >= 15 is 0 Å². The number of carboxylic acid groups (broad SMARTS) is 1. The van der Waals surface area contributed by atoms with Crippen LogP contribution in [0.15, 0.2) is 85.1 Å². The minimum Gasteiger partial charge on any atom is -0.508 e. The van der Waals surface area contributed by atoms with Crippen molar-refractivity contribution in [1.82, 2.24) is 10.3 Å².